The minimum absolute atomic E-state index is 0.000550. The van der Waals surface area contributed by atoms with E-state index in [2.05, 4.69) is 5.32 Å². The molecule has 1 saturated heterocycles. The van der Waals surface area contributed by atoms with E-state index < -0.39 is 50.7 Å². The second-order valence-electron chi connectivity index (χ2n) is 12.1. The van der Waals surface area contributed by atoms with Gasteiger partial charge in [0, 0.05) is 55.4 Å². The van der Waals surface area contributed by atoms with Crippen molar-refractivity contribution in [3.05, 3.63) is 51.7 Å². The van der Waals surface area contributed by atoms with E-state index in [0.29, 0.717) is 29.9 Å². The molecule has 3 aliphatic heterocycles. The number of benzene rings is 2. The van der Waals surface area contributed by atoms with E-state index in [-0.39, 0.29) is 72.2 Å². The van der Waals surface area contributed by atoms with Crippen LogP contribution < -0.4 is 29.0 Å². The largest absolute Gasteiger partial charge is 0.507 e. The number of carbonyl (C=O) groups excluding carboxylic acids is 3. The summed E-state index contributed by atoms with van der Waals surface area (Å²) in [6, 6.07) is 6.11. The predicted molar refractivity (Wildman–Crippen MR) is 168 cm³/mol. The van der Waals surface area contributed by atoms with Crippen LogP contribution in [0.3, 0.4) is 0 Å². The maximum Gasteiger partial charge on any atom is 0.231 e. The van der Waals surface area contributed by atoms with E-state index in [1.54, 1.807) is 25.1 Å². The summed E-state index contributed by atoms with van der Waals surface area (Å²) in [5.74, 6) is -2.85. The molecule has 47 heavy (non-hydrogen) atoms. The number of nitrogens with zero attached hydrogens (tertiary/aromatic N) is 1. The fraction of sp³-hybridized carbons (Fsp3) is 0.469. The highest BCUT2D eigenvalue weighted by molar-refractivity contribution is 7.88. The number of methoxy groups -OCH3 is 2. The summed E-state index contributed by atoms with van der Waals surface area (Å²) in [5.41, 5.74) is -1.70. The van der Waals surface area contributed by atoms with E-state index in [0.717, 1.165) is 6.26 Å². The van der Waals surface area contributed by atoms with Crippen LogP contribution in [-0.2, 0) is 19.6 Å². The lowest BCUT2D eigenvalue weighted by molar-refractivity contribution is -0.122. The first-order valence-corrected chi connectivity index (χ1v) is 17.3. The van der Waals surface area contributed by atoms with Crippen LogP contribution in [-0.4, -0.2) is 87.3 Å². The number of halogens is 1. The Kier molecular flexibility index (Phi) is 8.56. The lowest BCUT2D eigenvalue weighted by Gasteiger charge is -2.39. The van der Waals surface area contributed by atoms with Crippen molar-refractivity contribution in [1.29, 1.82) is 0 Å². The SMILES string of the molecule is COc1cc(OC)c2c(c1Cl)OC1(C2=O)C(O)=C(C(CC(=O)NC2CCN(S(C)(=O)=O)CC2)c2ccc3c(c2)OCO3)C(=O)CC1C. The van der Waals surface area contributed by atoms with E-state index in [1.165, 1.54) is 24.6 Å². The average Bonchev–Trinajstić information content (AvgIpc) is 3.63. The molecular formula is C32H35ClN2O11S. The summed E-state index contributed by atoms with van der Waals surface area (Å²) >= 11 is 6.58. The van der Waals surface area contributed by atoms with Crippen molar-refractivity contribution < 1.29 is 51.6 Å². The fourth-order valence-electron chi connectivity index (χ4n) is 6.86. The number of piperidine rings is 1. The second kappa shape index (κ2) is 12.2. The number of rotatable bonds is 8. The second-order valence-corrected chi connectivity index (χ2v) is 14.5. The van der Waals surface area contributed by atoms with Gasteiger partial charge in [0.1, 0.15) is 22.1 Å². The van der Waals surface area contributed by atoms with Gasteiger partial charge in [-0.2, -0.15) is 0 Å². The number of Topliss-reactive ketones (excluding diaryl/α,β-unsaturated/α-hetero) is 2. The third-order valence-electron chi connectivity index (χ3n) is 9.34. The summed E-state index contributed by atoms with van der Waals surface area (Å²) in [6.45, 7) is 2.14. The highest BCUT2D eigenvalue weighted by Gasteiger charge is 2.61. The zero-order chi connectivity index (χ0) is 33.8. The number of aliphatic hydroxyl groups is 1. The van der Waals surface area contributed by atoms with Crippen LogP contribution in [0, 0.1) is 5.92 Å². The van der Waals surface area contributed by atoms with Gasteiger partial charge in [-0.3, -0.25) is 14.4 Å². The van der Waals surface area contributed by atoms with Crippen LogP contribution in [0.4, 0.5) is 0 Å². The lowest BCUT2D eigenvalue weighted by atomic mass is 9.69. The molecule has 1 spiro atoms. The Labute approximate surface area is 276 Å². The molecule has 3 unspecified atom stereocenters. The zero-order valence-corrected chi connectivity index (χ0v) is 27.8. The highest BCUT2D eigenvalue weighted by atomic mass is 35.5. The van der Waals surface area contributed by atoms with Crippen molar-refractivity contribution in [2.75, 3.05) is 40.4 Å². The Morgan fingerprint density at radius 3 is 2.47 bits per heavy atom. The molecule has 6 rings (SSSR count). The number of allylic oxidation sites excluding steroid dienone is 1. The number of ketones is 2. The number of aliphatic hydroxyl groups excluding tert-OH is 1. The van der Waals surface area contributed by atoms with Gasteiger partial charge in [-0.25, -0.2) is 12.7 Å². The van der Waals surface area contributed by atoms with Crippen molar-refractivity contribution in [2.45, 2.75) is 50.2 Å². The summed E-state index contributed by atoms with van der Waals surface area (Å²) in [7, 11) is -0.585. The van der Waals surface area contributed by atoms with Gasteiger partial charge in [0.2, 0.25) is 34.1 Å². The maximum absolute atomic E-state index is 14.3. The third kappa shape index (κ3) is 5.55. The molecule has 15 heteroatoms. The topological polar surface area (TPSA) is 167 Å². The van der Waals surface area contributed by atoms with Gasteiger partial charge in [-0.15, -0.1) is 0 Å². The van der Waals surface area contributed by atoms with Crippen molar-refractivity contribution in [2.24, 2.45) is 5.92 Å². The zero-order valence-electron chi connectivity index (χ0n) is 26.3. The Balaban J connectivity index is 1.40. The molecule has 3 atom stereocenters. The standard InChI is InChI=1S/C32H35ClN2O11S/c1-16-11-20(36)26(30(38)32(16)31(39)27-23(42-2)14-24(43-3)28(33)29(27)46-32)19(17-5-6-21-22(12-17)45-15-44-21)13-25(37)34-18-7-9-35(10-8-18)47(4,40)41/h5-6,12,14,16,18-19,38H,7-11,13,15H2,1-4H3,(H,34,37). The number of hydrogen-bond donors (Lipinski definition) is 2. The molecular weight excluding hydrogens is 656 g/mol. The van der Waals surface area contributed by atoms with Crippen LogP contribution in [0.2, 0.25) is 5.02 Å². The normalized spacial score (nSPS) is 23.5. The summed E-state index contributed by atoms with van der Waals surface area (Å²) in [6.07, 6.45) is 1.51. The van der Waals surface area contributed by atoms with E-state index in [1.807, 2.05) is 0 Å². The molecule has 252 valence electrons. The lowest BCUT2D eigenvalue weighted by Crippen LogP contribution is -2.53. The van der Waals surface area contributed by atoms with Crippen molar-refractivity contribution >= 4 is 39.1 Å². The molecule has 13 nitrogen and oxygen atoms in total. The van der Waals surface area contributed by atoms with Gasteiger partial charge in [0.25, 0.3) is 0 Å². The molecule has 1 aliphatic carbocycles. The van der Waals surface area contributed by atoms with Crippen molar-refractivity contribution in [3.8, 4) is 28.7 Å². The number of nitrogens with one attached hydrogen (secondary N) is 1. The average molecular weight is 691 g/mol. The monoisotopic (exact) mass is 690 g/mol. The van der Waals surface area contributed by atoms with E-state index in [9.17, 15) is 27.9 Å². The third-order valence-corrected chi connectivity index (χ3v) is 11.0. The first kappa shape index (κ1) is 32.9. The number of hydrogen-bond acceptors (Lipinski definition) is 11. The number of ether oxygens (including phenoxy) is 5. The smallest absolute Gasteiger partial charge is 0.231 e. The van der Waals surface area contributed by atoms with Gasteiger partial charge in [-0.05, 0) is 30.5 Å². The maximum atomic E-state index is 14.3. The van der Waals surface area contributed by atoms with Gasteiger partial charge in [-0.1, -0.05) is 24.6 Å². The van der Waals surface area contributed by atoms with Gasteiger partial charge >= 0.3 is 0 Å². The molecule has 3 heterocycles. The molecule has 2 aromatic carbocycles. The quantitative estimate of drug-likeness (QED) is 0.416. The molecule has 0 radical (unpaired) electrons. The molecule has 4 aliphatic rings. The van der Waals surface area contributed by atoms with Crippen LogP contribution >= 0.6 is 11.6 Å². The molecule has 1 amide bonds. The summed E-state index contributed by atoms with van der Waals surface area (Å²) in [4.78, 5) is 41.8. The predicted octanol–water partition coefficient (Wildman–Crippen LogP) is 3.53. The van der Waals surface area contributed by atoms with Crippen LogP contribution in [0.1, 0.15) is 54.4 Å². The molecule has 0 saturated carbocycles. The Morgan fingerprint density at radius 2 is 1.81 bits per heavy atom. The number of amides is 1. The minimum Gasteiger partial charge on any atom is -0.507 e. The fourth-order valence-corrected chi connectivity index (χ4v) is 8.00. The van der Waals surface area contributed by atoms with Crippen molar-refractivity contribution in [1.82, 2.24) is 9.62 Å². The highest BCUT2D eigenvalue weighted by Crippen LogP contribution is 2.56. The number of fused-ring (bicyclic) bond motifs is 2. The molecule has 1 fully saturated rings. The van der Waals surface area contributed by atoms with E-state index >= 15 is 0 Å². The molecule has 0 bridgehead atoms. The minimum atomic E-state index is -3.35. The van der Waals surface area contributed by atoms with Gasteiger partial charge < -0.3 is 34.1 Å². The molecule has 2 N–H and O–H groups in total. The summed E-state index contributed by atoms with van der Waals surface area (Å²) in [5, 5.41) is 15.1. The van der Waals surface area contributed by atoms with E-state index in [4.69, 9.17) is 35.3 Å². The van der Waals surface area contributed by atoms with Crippen LogP contribution in [0.25, 0.3) is 0 Å². The summed E-state index contributed by atoms with van der Waals surface area (Å²) < 4.78 is 53.4. The number of carbonyl (C=O) groups is 3. The Bertz CT molecular complexity index is 1800. The van der Waals surface area contributed by atoms with Crippen LogP contribution in [0.15, 0.2) is 35.6 Å². The van der Waals surface area contributed by atoms with Gasteiger partial charge in [0.05, 0.1) is 20.5 Å². The first-order chi connectivity index (χ1) is 22.3. The Morgan fingerprint density at radius 1 is 1.13 bits per heavy atom. The Hall–Kier alpha value is -4.01. The van der Waals surface area contributed by atoms with Gasteiger partial charge in [0.15, 0.2) is 28.8 Å². The van der Waals surface area contributed by atoms with Crippen molar-refractivity contribution in [3.63, 3.8) is 0 Å². The van der Waals surface area contributed by atoms with Crippen LogP contribution in [0.5, 0.6) is 28.7 Å². The molecule has 0 aromatic heterocycles. The first-order valence-electron chi connectivity index (χ1n) is 15.1. The number of sulfonamides is 1. The molecule has 2 aromatic rings.